The summed E-state index contributed by atoms with van der Waals surface area (Å²) in [4.78, 5) is 22.9. The van der Waals surface area contributed by atoms with Gasteiger partial charge in [-0.3, -0.25) is 15.2 Å². The third-order valence-electron chi connectivity index (χ3n) is 5.40. The number of carbonyl (C=O) groups is 1. The van der Waals surface area contributed by atoms with E-state index in [1.165, 1.54) is 12.1 Å². The highest BCUT2D eigenvalue weighted by Crippen LogP contribution is 2.47. The van der Waals surface area contributed by atoms with Crippen molar-refractivity contribution in [3.63, 3.8) is 0 Å². The number of hydrazine groups is 1. The molecule has 2 aromatic rings. The lowest BCUT2D eigenvalue weighted by Gasteiger charge is -2.32. The molecule has 1 aliphatic carbocycles. The number of aromatic nitrogens is 2. The number of piperidine rings is 1. The van der Waals surface area contributed by atoms with E-state index in [2.05, 4.69) is 20.3 Å². The molecule has 7 nitrogen and oxygen atoms in total. The number of benzene rings is 1. The van der Waals surface area contributed by atoms with Crippen molar-refractivity contribution in [3.8, 4) is 5.75 Å². The Morgan fingerprint density at radius 2 is 1.96 bits per heavy atom. The van der Waals surface area contributed by atoms with Crippen LogP contribution in [0.2, 0.25) is 0 Å². The molecule has 1 saturated heterocycles. The van der Waals surface area contributed by atoms with Crippen LogP contribution in [0.1, 0.15) is 31.4 Å². The normalized spacial score (nSPS) is 18.6. The highest BCUT2D eigenvalue weighted by Gasteiger charge is 2.52. The maximum Gasteiger partial charge on any atom is 0.246 e. The number of carbonyl (C=O) groups excluding carboxylic acids is 1. The fourth-order valence-corrected chi connectivity index (χ4v) is 3.55. The third-order valence-corrected chi connectivity index (χ3v) is 5.40. The van der Waals surface area contributed by atoms with E-state index >= 15 is 0 Å². The first-order valence-corrected chi connectivity index (χ1v) is 9.22. The molecule has 2 fully saturated rings. The van der Waals surface area contributed by atoms with Crippen LogP contribution in [0.25, 0.3) is 0 Å². The molecule has 0 radical (unpaired) electrons. The summed E-state index contributed by atoms with van der Waals surface area (Å²) in [6.07, 6.45) is 5.94. The van der Waals surface area contributed by atoms with Crippen LogP contribution in [0.15, 0.2) is 30.6 Å². The monoisotopic (exact) mass is 389 g/mol. The lowest BCUT2D eigenvalue weighted by atomic mass is 10.0. The van der Waals surface area contributed by atoms with Gasteiger partial charge in [-0.05, 0) is 25.0 Å². The standard InChI is InChI=1S/C19H21F2N5O2/c20-12-1-2-15(14(21)9-12)28-13-3-7-26(8-4-13)17-11-23-16(10-24-17)19(5-6-19)18(27)25-22/h1-2,9-11,13H,3-8,22H2,(H,25,27). The molecule has 1 aromatic heterocycles. The van der Waals surface area contributed by atoms with Crippen molar-refractivity contribution in [2.75, 3.05) is 18.0 Å². The van der Waals surface area contributed by atoms with Gasteiger partial charge in [0.25, 0.3) is 0 Å². The molecule has 2 heterocycles. The summed E-state index contributed by atoms with van der Waals surface area (Å²) in [5.74, 6) is 4.49. The number of anilines is 1. The number of amides is 1. The van der Waals surface area contributed by atoms with E-state index in [-0.39, 0.29) is 17.8 Å². The molecule has 2 aliphatic rings. The minimum absolute atomic E-state index is 0.0666. The van der Waals surface area contributed by atoms with E-state index in [1.807, 2.05) is 0 Å². The van der Waals surface area contributed by atoms with Gasteiger partial charge in [0.05, 0.1) is 23.5 Å². The Morgan fingerprint density at radius 1 is 1.21 bits per heavy atom. The summed E-state index contributed by atoms with van der Waals surface area (Å²) >= 11 is 0. The molecule has 3 N–H and O–H groups in total. The van der Waals surface area contributed by atoms with E-state index in [9.17, 15) is 13.6 Å². The second kappa shape index (κ2) is 7.31. The molecule has 28 heavy (non-hydrogen) atoms. The topological polar surface area (TPSA) is 93.4 Å². The SMILES string of the molecule is NNC(=O)C1(c2cnc(N3CCC(Oc4ccc(F)cc4F)CC3)cn2)CC1. The van der Waals surface area contributed by atoms with Crippen molar-refractivity contribution >= 4 is 11.7 Å². The number of rotatable bonds is 5. The molecule has 1 amide bonds. The highest BCUT2D eigenvalue weighted by atomic mass is 19.1. The number of nitrogens with one attached hydrogen (secondary N) is 1. The van der Waals surface area contributed by atoms with Gasteiger partial charge >= 0.3 is 0 Å². The van der Waals surface area contributed by atoms with Gasteiger partial charge in [-0.1, -0.05) is 0 Å². The zero-order chi connectivity index (χ0) is 19.7. The second-order valence-electron chi connectivity index (χ2n) is 7.19. The van der Waals surface area contributed by atoms with Gasteiger partial charge in [0.15, 0.2) is 11.6 Å². The largest absolute Gasteiger partial charge is 0.487 e. The van der Waals surface area contributed by atoms with Gasteiger partial charge in [-0.25, -0.2) is 19.6 Å². The molecule has 4 rings (SSSR count). The van der Waals surface area contributed by atoms with Crippen molar-refractivity contribution in [1.29, 1.82) is 0 Å². The van der Waals surface area contributed by atoms with Crippen LogP contribution in [0.4, 0.5) is 14.6 Å². The minimum Gasteiger partial charge on any atom is -0.487 e. The first kappa shape index (κ1) is 18.5. The lowest BCUT2D eigenvalue weighted by Crippen LogP contribution is -2.40. The molecular weight excluding hydrogens is 368 g/mol. The Balaban J connectivity index is 1.35. The quantitative estimate of drug-likeness (QED) is 0.460. The molecule has 0 unspecified atom stereocenters. The first-order chi connectivity index (χ1) is 13.5. The molecule has 0 spiro atoms. The Labute approximate surface area is 160 Å². The zero-order valence-corrected chi connectivity index (χ0v) is 15.2. The molecule has 9 heteroatoms. The molecule has 0 bridgehead atoms. The van der Waals surface area contributed by atoms with Crippen molar-refractivity contribution in [2.45, 2.75) is 37.2 Å². The Bertz CT molecular complexity index is 865. The molecule has 1 aliphatic heterocycles. The summed E-state index contributed by atoms with van der Waals surface area (Å²) in [6.45, 7) is 1.35. The first-order valence-electron chi connectivity index (χ1n) is 9.22. The van der Waals surface area contributed by atoms with Crippen LogP contribution in [-0.2, 0) is 10.2 Å². The van der Waals surface area contributed by atoms with Crippen LogP contribution in [-0.4, -0.2) is 35.1 Å². The number of ether oxygens (including phenoxy) is 1. The summed E-state index contributed by atoms with van der Waals surface area (Å²) in [6, 6.07) is 3.31. The van der Waals surface area contributed by atoms with E-state index < -0.39 is 17.0 Å². The number of nitrogens with zero attached hydrogens (tertiary/aromatic N) is 3. The van der Waals surface area contributed by atoms with E-state index in [4.69, 9.17) is 10.6 Å². The van der Waals surface area contributed by atoms with Gasteiger partial charge in [0.2, 0.25) is 5.91 Å². The summed E-state index contributed by atoms with van der Waals surface area (Å²) in [5.41, 5.74) is 2.19. The van der Waals surface area contributed by atoms with Crippen molar-refractivity contribution in [3.05, 3.63) is 47.9 Å². The maximum absolute atomic E-state index is 13.7. The van der Waals surface area contributed by atoms with Gasteiger partial charge < -0.3 is 9.64 Å². The smallest absolute Gasteiger partial charge is 0.246 e. The van der Waals surface area contributed by atoms with Gasteiger partial charge in [0.1, 0.15) is 17.7 Å². The van der Waals surface area contributed by atoms with Gasteiger partial charge in [-0.2, -0.15) is 0 Å². The third kappa shape index (κ3) is 3.49. The molecular formula is C19H21F2N5O2. The number of hydrogen-bond acceptors (Lipinski definition) is 6. The highest BCUT2D eigenvalue weighted by molar-refractivity contribution is 5.90. The van der Waals surface area contributed by atoms with E-state index in [0.29, 0.717) is 44.5 Å². The maximum atomic E-state index is 13.7. The zero-order valence-electron chi connectivity index (χ0n) is 15.2. The average molecular weight is 389 g/mol. The van der Waals surface area contributed by atoms with Gasteiger partial charge in [0, 0.05) is 32.0 Å². The second-order valence-corrected chi connectivity index (χ2v) is 7.19. The lowest BCUT2D eigenvalue weighted by molar-refractivity contribution is -0.123. The Hall–Kier alpha value is -2.81. The summed E-state index contributed by atoms with van der Waals surface area (Å²) in [7, 11) is 0. The minimum atomic E-state index is -0.695. The fraction of sp³-hybridized carbons (Fsp3) is 0.421. The van der Waals surface area contributed by atoms with Crippen LogP contribution < -0.4 is 20.9 Å². The molecule has 0 atom stereocenters. The molecule has 148 valence electrons. The van der Waals surface area contributed by atoms with Crippen LogP contribution in [0.3, 0.4) is 0 Å². The Kier molecular flexibility index (Phi) is 4.84. The molecule has 1 saturated carbocycles. The predicted molar refractivity (Wildman–Crippen MR) is 97.5 cm³/mol. The number of nitrogens with two attached hydrogens (primary N) is 1. The van der Waals surface area contributed by atoms with Gasteiger partial charge in [-0.15, -0.1) is 0 Å². The van der Waals surface area contributed by atoms with Crippen LogP contribution in [0, 0.1) is 11.6 Å². The number of halogens is 2. The number of hydrogen-bond donors (Lipinski definition) is 2. The van der Waals surface area contributed by atoms with Crippen molar-refractivity contribution in [2.24, 2.45) is 5.84 Å². The summed E-state index contributed by atoms with van der Waals surface area (Å²) < 4.78 is 32.4. The Morgan fingerprint density at radius 3 is 2.54 bits per heavy atom. The van der Waals surface area contributed by atoms with Crippen molar-refractivity contribution in [1.82, 2.24) is 15.4 Å². The fourth-order valence-electron chi connectivity index (χ4n) is 3.55. The summed E-state index contributed by atoms with van der Waals surface area (Å²) in [5, 5.41) is 0. The van der Waals surface area contributed by atoms with E-state index in [0.717, 1.165) is 11.9 Å². The van der Waals surface area contributed by atoms with Crippen molar-refractivity contribution < 1.29 is 18.3 Å². The average Bonchev–Trinajstić information content (AvgIpc) is 3.52. The molecule has 1 aromatic carbocycles. The van der Waals surface area contributed by atoms with Crippen LogP contribution in [0.5, 0.6) is 5.75 Å². The van der Waals surface area contributed by atoms with Crippen LogP contribution >= 0.6 is 0 Å². The van der Waals surface area contributed by atoms with E-state index in [1.54, 1.807) is 12.4 Å². The predicted octanol–water partition coefficient (Wildman–Crippen LogP) is 1.82.